The fourth-order valence-electron chi connectivity index (χ4n) is 4.23. The average Bonchev–Trinajstić information content (AvgIpc) is 2.60. The second-order valence-electron chi connectivity index (χ2n) is 7.27. The highest BCUT2D eigenvalue weighted by molar-refractivity contribution is 6.42. The van der Waals surface area contributed by atoms with Crippen LogP contribution in [-0.4, -0.2) is 29.7 Å². The molecule has 1 heterocycles. The van der Waals surface area contributed by atoms with Crippen LogP contribution >= 0.6 is 23.2 Å². The van der Waals surface area contributed by atoms with Crippen molar-refractivity contribution in [1.82, 2.24) is 4.90 Å². The van der Waals surface area contributed by atoms with Gasteiger partial charge in [0.25, 0.3) is 0 Å². The van der Waals surface area contributed by atoms with Crippen LogP contribution in [0.5, 0.6) is 0 Å². The van der Waals surface area contributed by atoms with E-state index in [0.717, 1.165) is 37.5 Å². The Labute approximate surface area is 153 Å². The molecular formula is C19H23Cl2NO2. The minimum absolute atomic E-state index is 0.166. The van der Waals surface area contributed by atoms with Gasteiger partial charge in [0.05, 0.1) is 15.5 Å². The van der Waals surface area contributed by atoms with Gasteiger partial charge in [0.15, 0.2) is 0 Å². The van der Waals surface area contributed by atoms with Crippen molar-refractivity contribution in [3.8, 4) is 0 Å². The van der Waals surface area contributed by atoms with Gasteiger partial charge in [-0.3, -0.25) is 4.79 Å². The Morgan fingerprint density at radius 3 is 2.50 bits per heavy atom. The molecule has 0 aromatic heterocycles. The number of hydrogen-bond acceptors (Lipinski definition) is 2. The molecule has 130 valence electrons. The standard InChI is InChI=1S/C19H23Cl2NO2/c1-13-10-19(12-23,14-7-8-16(20)17(21)9-14)11-22(18(13)24)15-5-3-2-4-6-15/h7-9,12-13,15H,2-6,10-11H2,1H3/t13?,19-/m0/s1. The summed E-state index contributed by atoms with van der Waals surface area (Å²) in [5, 5.41) is 0.926. The zero-order chi connectivity index (χ0) is 17.3. The van der Waals surface area contributed by atoms with E-state index < -0.39 is 5.41 Å². The lowest BCUT2D eigenvalue weighted by atomic mass is 9.71. The summed E-state index contributed by atoms with van der Waals surface area (Å²) < 4.78 is 0. The third-order valence-electron chi connectivity index (χ3n) is 5.56. The third kappa shape index (κ3) is 3.21. The van der Waals surface area contributed by atoms with Crippen molar-refractivity contribution in [3.63, 3.8) is 0 Å². The number of carbonyl (C=O) groups excluding carboxylic acids is 2. The van der Waals surface area contributed by atoms with Crippen molar-refractivity contribution in [2.75, 3.05) is 6.54 Å². The van der Waals surface area contributed by atoms with E-state index in [1.165, 1.54) is 6.42 Å². The maximum atomic E-state index is 12.7. The number of benzene rings is 1. The molecule has 2 aliphatic rings. The first-order valence-corrected chi connectivity index (χ1v) is 9.45. The van der Waals surface area contributed by atoms with E-state index in [2.05, 4.69) is 0 Å². The number of rotatable bonds is 3. The van der Waals surface area contributed by atoms with Gasteiger partial charge in [-0.1, -0.05) is 55.5 Å². The summed E-state index contributed by atoms with van der Waals surface area (Å²) in [7, 11) is 0. The Kier molecular flexibility index (Phi) is 5.22. The zero-order valence-electron chi connectivity index (χ0n) is 13.9. The molecule has 0 radical (unpaired) electrons. The van der Waals surface area contributed by atoms with Crippen LogP contribution in [0.1, 0.15) is 51.0 Å². The molecule has 3 nitrogen and oxygen atoms in total. The normalized spacial score (nSPS) is 28.9. The van der Waals surface area contributed by atoms with Gasteiger partial charge in [-0.05, 0) is 37.0 Å². The van der Waals surface area contributed by atoms with Gasteiger partial charge in [0.1, 0.15) is 6.29 Å². The van der Waals surface area contributed by atoms with Crippen LogP contribution in [0.4, 0.5) is 0 Å². The summed E-state index contributed by atoms with van der Waals surface area (Å²) in [6, 6.07) is 5.64. The third-order valence-corrected chi connectivity index (χ3v) is 6.30. The van der Waals surface area contributed by atoms with Crippen molar-refractivity contribution in [2.24, 2.45) is 5.92 Å². The lowest BCUT2D eigenvalue weighted by Crippen LogP contribution is -2.57. The molecule has 1 unspecified atom stereocenters. The Hall–Kier alpha value is -1.06. The van der Waals surface area contributed by atoms with Crippen LogP contribution in [0.15, 0.2) is 18.2 Å². The smallest absolute Gasteiger partial charge is 0.225 e. The number of nitrogens with zero attached hydrogens (tertiary/aromatic N) is 1. The molecule has 1 aliphatic carbocycles. The Morgan fingerprint density at radius 2 is 1.88 bits per heavy atom. The molecule has 1 aliphatic heterocycles. The van der Waals surface area contributed by atoms with Gasteiger partial charge in [0.2, 0.25) is 5.91 Å². The van der Waals surface area contributed by atoms with Crippen molar-refractivity contribution >= 4 is 35.4 Å². The van der Waals surface area contributed by atoms with Crippen molar-refractivity contribution < 1.29 is 9.59 Å². The van der Waals surface area contributed by atoms with E-state index >= 15 is 0 Å². The van der Waals surface area contributed by atoms with Gasteiger partial charge in [0, 0.05) is 18.5 Å². The van der Waals surface area contributed by atoms with Crippen LogP contribution in [0.2, 0.25) is 10.0 Å². The molecule has 3 rings (SSSR count). The number of piperidine rings is 1. The topological polar surface area (TPSA) is 37.4 Å². The number of likely N-dealkylation sites (tertiary alicyclic amines) is 1. The second kappa shape index (κ2) is 7.05. The van der Waals surface area contributed by atoms with Gasteiger partial charge in [-0.25, -0.2) is 0 Å². The summed E-state index contributed by atoms with van der Waals surface area (Å²) in [5.74, 6) is 0.0137. The highest BCUT2D eigenvalue weighted by atomic mass is 35.5. The largest absolute Gasteiger partial charge is 0.338 e. The number of halogens is 2. The van der Waals surface area contributed by atoms with Crippen molar-refractivity contribution in [3.05, 3.63) is 33.8 Å². The van der Waals surface area contributed by atoms with Gasteiger partial charge in [-0.15, -0.1) is 0 Å². The minimum Gasteiger partial charge on any atom is -0.338 e. The maximum Gasteiger partial charge on any atom is 0.225 e. The molecular weight excluding hydrogens is 345 g/mol. The van der Waals surface area contributed by atoms with Gasteiger partial charge in [-0.2, -0.15) is 0 Å². The molecule has 2 atom stereocenters. The molecule has 1 aromatic rings. The number of aldehydes is 1. The lowest BCUT2D eigenvalue weighted by Gasteiger charge is -2.46. The van der Waals surface area contributed by atoms with Crippen LogP contribution in [0.25, 0.3) is 0 Å². The number of hydrogen-bond donors (Lipinski definition) is 0. The summed E-state index contributed by atoms with van der Waals surface area (Å²) in [6.45, 7) is 2.37. The molecule has 24 heavy (non-hydrogen) atoms. The number of carbonyl (C=O) groups is 2. The van der Waals surface area contributed by atoms with E-state index in [1.807, 2.05) is 17.9 Å². The lowest BCUT2D eigenvalue weighted by molar-refractivity contribution is -0.145. The minimum atomic E-state index is -0.695. The molecule has 1 saturated heterocycles. The van der Waals surface area contributed by atoms with E-state index in [1.54, 1.807) is 12.1 Å². The quantitative estimate of drug-likeness (QED) is 0.730. The SMILES string of the molecule is CC1C[C@](C=O)(c2ccc(Cl)c(Cl)c2)CN(C2CCCCC2)C1=O. The summed E-state index contributed by atoms with van der Waals surface area (Å²) in [4.78, 5) is 26.9. The van der Waals surface area contributed by atoms with Crippen molar-refractivity contribution in [2.45, 2.75) is 56.9 Å². The average molecular weight is 368 g/mol. The summed E-state index contributed by atoms with van der Waals surface area (Å²) in [6.07, 6.45) is 7.15. The molecule has 0 spiro atoms. The number of amides is 1. The summed E-state index contributed by atoms with van der Waals surface area (Å²) in [5.41, 5.74) is 0.158. The first-order valence-electron chi connectivity index (χ1n) is 8.69. The molecule has 1 aromatic carbocycles. The van der Waals surface area contributed by atoms with E-state index in [9.17, 15) is 9.59 Å². The summed E-state index contributed by atoms with van der Waals surface area (Å²) >= 11 is 12.2. The van der Waals surface area contributed by atoms with Crippen LogP contribution < -0.4 is 0 Å². The molecule has 2 fully saturated rings. The molecule has 5 heteroatoms. The predicted octanol–water partition coefficient (Wildman–Crippen LogP) is 4.63. The van der Waals surface area contributed by atoms with Crippen LogP contribution in [0.3, 0.4) is 0 Å². The van der Waals surface area contributed by atoms with E-state index in [0.29, 0.717) is 23.0 Å². The second-order valence-corrected chi connectivity index (χ2v) is 8.08. The Morgan fingerprint density at radius 1 is 1.17 bits per heavy atom. The highest BCUT2D eigenvalue weighted by Gasteiger charge is 2.45. The van der Waals surface area contributed by atoms with E-state index in [4.69, 9.17) is 23.2 Å². The highest BCUT2D eigenvalue weighted by Crippen LogP contribution is 2.40. The molecule has 1 saturated carbocycles. The molecule has 1 amide bonds. The van der Waals surface area contributed by atoms with E-state index in [-0.39, 0.29) is 17.9 Å². The Balaban J connectivity index is 1.95. The first kappa shape index (κ1) is 17.8. The zero-order valence-corrected chi connectivity index (χ0v) is 15.4. The van der Waals surface area contributed by atoms with Crippen molar-refractivity contribution in [1.29, 1.82) is 0 Å². The predicted molar refractivity (Wildman–Crippen MR) is 96.6 cm³/mol. The first-order chi connectivity index (χ1) is 11.5. The molecule has 0 N–H and O–H groups in total. The molecule has 0 bridgehead atoms. The van der Waals surface area contributed by atoms with Gasteiger partial charge >= 0.3 is 0 Å². The van der Waals surface area contributed by atoms with Crippen LogP contribution in [0, 0.1) is 5.92 Å². The fourth-order valence-corrected chi connectivity index (χ4v) is 4.53. The Bertz CT molecular complexity index is 642. The van der Waals surface area contributed by atoms with Crippen LogP contribution in [-0.2, 0) is 15.0 Å². The monoisotopic (exact) mass is 367 g/mol. The maximum absolute atomic E-state index is 12.7. The van der Waals surface area contributed by atoms with Gasteiger partial charge < -0.3 is 9.69 Å². The fraction of sp³-hybridized carbons (Fsp3) is 0.579.